The van der Waals surface area contributed by atoms with Gasteiger partial charge in [0.2, 0.25) is 0 Å². The number of carbonyl (C=O) groups is 1. The summed E-state index contributed by atoms with van der Waals surface area (Å²) in [7, 11) is 0. The van der Waals surface area contributed by atoms with Crippen LogP contribution in [0.1, 0.15) is 27.0 Å². The summed E-state index contributed by atoms with van der Waals surface area (Å²) in [6, 6.07) is 9.16. The lowest BCUT2D eigenvalue weighted by molar-refractivity contribution is 0.112. The number of benzene rings is 2. The summed E-state index contributed by atoms with van der Waals surface area (Å²) in [6.45, 7) is 5.81. The minimum absolute atomic E-state index is 0.647. The predicted molar refractivity (Wildman–Crippen MR) is 77.6 cm³/mol. The van der Waals surface area contributed by atoms with Gasteiger partial charge in [0.25, 0.3) is 0 Å². The first kappa shape index (κ1) is 13.6. The Hall–Kier alpha value is -1.80. The van der Waals surface area contributed by atoms with Gasteiger partial charge in [0, 0.05) is 10.6 Å². The molecule has 0 fully saturated rings. The fraction of sp³-hybridized carbons (Fsp3) is 0.188. The second-order valence-corrected chi connectivity index (χ2v) is 4.99. The monoisotopic (exact) mass is 274 g/mol. The van der Waals surface area contributed by atoms with Crippen LogP contribution >= 0.6 is 11.6 Å². The molecule has 2 aromatic rings. The number of rotatable bonds is 3. The van der Waals surface area contributed by atoms with E-state index in [1.165, 1.54) is 0 Å². The van der Waals surface area contributed by atoms with Crippen LogP contribution in [-0.2, 0) is 0 Å². The second kappa shape index (κ2) is 5.45. The van der Waals surface area contributed by atoms with Gasteiger partial charge in [-0.25, -0.2) is 0 Å². The summed E-state index contributed by atoms with van der Waals surface area (Å²) in [5.74, 6) is 1.49. The standard InChI is InChI=1S/C16H15ClO2/c1-10-6-13(9-18)4-5-15(10)19-14-7-11(2)16(17)12(3)8-14/h4-9H,1-3H3. The lowest BCUT2D eigenvalue weighted by Crippen LogP contribution is -1.91. The van der Waals surface area contributed by atoms with Crippen molar-refractivity contribution in [3.8, 4) is 11.5 Å². The maximum absolute atomic E-state index is 10.7. The molecule has 0 aliphatic rings. The average Bonchev–Trinajstić information content (AvgIpc) is 2.38. The van der Waals surface area contributed by atoms with Crippen molar-refractivity contribution in [3.05, 3.63) is 57.6 Å². The quantitative estimate of drug-likeness (QED) is 0.747. The van der Waals surface area contributed by atoms with E-state index in [1.54, 1.807) is 18.2 Å². The van der Waals surface area contributed by atoms with E-state index in [0.29, 0.717) is 5.56 Å². The van der Waals surface area contributed by atoms with Crippen LogP contribution in [-0.4, -0.2) is 6.29 Å². The molecule has 0 atom stereocenters. The van der Waals surface area contributed by atoms with Crippen LogP contribution in [0, 0.1) is 20.8 Å². The molecule has 0 N–H and O–H groups in total. The molecular weight excluding hydrogens is 260 g/mol. The van der Waals surface area contributed by atoms with Crippen LogP contribution in [0.15, 0.2) is 30.3 Å². The molecule has 19 heavy (non-hydrogen) atoms. The molecule has 0 aliphatic carbocycles. The summed E-state index contributed by atoms with van der Waals surface area (Å²) in [5, 5.41) is 0.764. The van der Waals surface area contributed by atoms with E-state index in [-0.39, 0.29) is 0 Å². The molecule has 0 radical (unpaired) electrons. The van der Waals surface area contributed by atoms with Gasteiger partial charge in [-0.3, -0.25) is 4.79 Å². The van der Waals surface area contributed by atoms with Crippen LogP contribution in [0.5, 0.6) is 11.5 Å². The first-order chi connectivity index (χ1) is 9.01. The molecule has 2 nitrogen and oxygen atoms in total. The van der Waals surface area contributed by atoms with E-state index in [4.69, 9.17) is 16.3 Å². The third-order valence-electron chi connectivity index (χ3n) is 2.97. The van der Waals surface area contributed by atoms with E-state index in [1.807, 2.05) is 32.9 Å². The van der Waals surface area contributed by atoms with Gasteiger partial charge in [0.15, 0.2) is 0 Å². The fourth-order valence-corrected chi connectivity index (χ4v) is 2.06. The lowest BCUT2D eigenvalue weighted by atomic mass is 10.1. The molecule has 98 valence electrons. The molecule has 0 saturated heterocycles. The van der Waals surface area contributed by atoms with Gasteiger partial charge in [-0.05, 0) is 67.8 Å². The molecule has 0 saturated carbocycles. The minimum Gasteiger partial charge on any atom is -0.457 e. The van der Waals surface area contributed by atoms with Crippen molar-refractivity contribution in [1.82, 2.24) is 0 Å². The Morgan fingerprint density at radius 3 is 2.16 bits per heavy atom. The maximum Gasteiger partial charge on any atom is 0.150 e. The normalized spacial score (nSPS) is 10.3. The third-order valence-corrected chi connectivity index (χ3v) is 3.57. The lowest BCUT2D eigenvalue weighted by Gasteiger charge is -2.11. The van der Waals surface area contributed by atoms with Crippen molar-refractivity contribution in [2.75, 3.05) is 0 Å². The average molecular weight is 275 g/mol. The summed E-state index contributed by atoms with van der Waals surface area (Å²) >= 11 is 6.13. The zero-order valence-corrected chi connectivity index (χ0v) is 11.9. The summed E-state index contributed by atoms with van der Waals surface area (Å²) < 4.78 is 5.85. The Morgan fingerprint density at radius 2 is 1.63 bits per heavy atom. The SMILES string of the molecule is Cc1cc(C=O)ccc1Oc1cc(C)c(Cl)c(C)c1. The Balaban J connectivity index is 2.33. The Bertz CT molecular complexity index is 610. The van der Waals surface area contributed by atoms with Crippen molar-refractivity contribution in [2.45, 2.75) is 20.8 Å². The zero-order chi connectivity index (χ0) is 14.0. The van der Waals surface area contributed by atoms with Crippen molar-refractivity contribution in [3.63, 3.8) is 0 Å². The molecule has 0 aliphatic heterocycles. The Morgan fingerprint density at radius 1 is 1.00 bits per heavy atom. The first-order valence-corrected chi connectivity index (χ1v) is 6.39. The van der Waals surface area contributed by atoms with Gasteiger partial charge in [0.1, 0.15) is 17.8 Å². The molecule has 2 aromatic carbocycles. The molecular formula is C16H15ClO2. The third kappa shape index (κ3) is 2.96. The molecule has 0 heterocycles. The number of hydrogen-bond donors (Lipinski definition) is 0. The maximum atomic E-state index is 10.7. The van der Waals surface area contributed by atoms with E-state index in [9.17, 15) is 4.79 Å². The second-order valence-electron chi connectivity index (χ2n) is 4.62. The highest BCUT2D eigenvalue weighted by molar-refractivity contribution is 6.32. The number of hydrogen-bond acceptors (Lipinski definition) is 2. The predicted octanol–water partition coefficient (Wildman–Crippen LogP) is 4.87. The van der Waals surface area contributed by atoms with Crippen molar-refractivity contribution in [2.24, 2.45) is 0 Å². The van der Waals surface area contributed by atoms with Gasteiger partial charge in [-0.2, -0.15) is 0 Å². The van der Waals surface area contributed by atoms with Crippen LogP contribution in [0.3, 0.4) is 0 Å². The van der Waals surface area contributed by atoms with Gasteiger partial charge < -0.3 is 4.74 Å². The van der Waals surface area contributed by atoms with Gasteiger partial charge in [0.05, 0.1) is 0 Å². The zero-order valence-electron chi connectivity index (χ0n) is 11.2. The molecule has 0 spiro atoms. The highest BCUT2D eigenvalue weighted by Gasteiger charge is 2.06. The molecule has 0 bridgehead atoms. The smallest absolute Gasteiger partial charge is 0.150 e. The Kier molecular flexibility index (Phi) is 3.91. The fourth-order valence-electron chi connectivity index (χ4n) is 1.95. The van der Waals surface area contributed by atoms with Crippen molar-refractivity contribution < 1.29 is 9.53 Å². The first-order valence-electron chi connectivity index (χ1n) is 6.01. The molecule has 0 aromatic heterocycles. The van der Waals surface area contributed by atoms with E-state index in [0.717, 1.165) is 39.5 Å². The van der Waals surface area contributed by atoms with Gasteiger partial charge >= 0.3 is 0 Å². The molecule has 0 amide bonds. The van der Waals surface area contributed by atoms with Gasteiger partial charge in [-0.1, -0.05) is 11.6 Å². The summed E-state index contributed by atoms with van der Waals surface area (Å²) in [6.07, 6.45) is 0.827. The largest absolute Gasteiger partial charge is 0.457 e. The number of aryl methyl sites for hydroxylation is 3. The van der Waals surface area contributed by atoms with Crippen molar-refractivity contribution >= 4 is 17.9 Å². The van der Waals surface area contributed by atoms with Crippen LogP contribution in [0.4, 0.5) is 0 Å². The van der Waals surface area contributed by atoms with Crippen LogP contribution < -0.4 is 4.74 Å². The number of ether oxygens (including phenoxy) is 1. The van der Waals surface area contributed by atoms with E-state index in [2.05, 4.69) is 0 Å². The van der Waals surface area contributed by atoms with Crippen molar-refractivity contribution in [1.29, 1.82) is 0 Å². The number of aldehydes is 1. The molecule has 2 rings (SSSR count). The van der Waals surface area contributed by atoms with E-state index < -0.39 is 0 Å². The topological polar surface area (TPSA) is 26.3 Å². The van der Waals surface area contributed by atoms with Gasteiger partial charge in [-0.15, -0.1) is 0 Å². The van der Waals surface area contributed by atoms with Crippen LogP contribution in [0.2, 0.25) is 5.02 Å². The Labute approximate surface area is 118 Å². The highest BCUT2D eigenvalue weighted by atomic mass is 35.5. The highest BCUT2D eigenvalue weighted by Crippen LogP contribution is 2.30. The number of halogens is 1. The summed E-state index contributed by atoms with van der Waals surface area (Å²) in [5.41, 5.74) is 3.54. The van der Waals surface area contributed by atoms with Crippen LogP contribution in [0.25, 0.3) is 0 Å². The number of carbonyl (C=O) groups excluding carboxylic acids is 1. The molecule has 0 unspecified atom stereocenters. The minimum atomic E-state index is 0.647. The van der Waals surface area contributed by atoms with E-state index >= 15 is 0 Å². The molecule has 3 heteroatoms. The summed E-state index contributed by atoms with van der Waals surface area (Å²) in [4.78, 5) is 10.7.